The molecule has 0 spiro atoms. The van der Waals surface area contributed by atoms with Crippen molar-refractivity contribution >= 4 is 5.97 Å². The first-order chi connectivity index (χ1) is 6.33. The molecule has 3 nitrogen and oxygen atoms in total. The molecule has 0 aromatic rings. The Labute approximate surface area is 78.0 Å². The summed E-state index contributed by atoms with van der Waals surface area (Å²) in [4.78, 5) is 10.9. The summed E-state index contributed by atoms with van der Waals surface area (Å²) in [6, 6.07) is 0. The molecular formula is C10H14O3. The van der Waals surface area contributed by atoms with Crippen LogP contribution in [0.4, 0.5) is 0 Å². The summed E-state index contributed by atoms with van der Waals surface area (Å²) in [5.41, 5.74) is 0. The lowest BCUT2D eigenvalue weighted by Gasteiger charge is -2.10. The Morgan fingerprint density at radius 3 is 3.23 bits per heavy atom. The van der Waals surface area contributed by atoms with Crippen LogP contribution in [0.1, 0.15) is 19.8 Å². The maximum Gasteiger partial charge on any atom is 0.330 e. The third kappa shape index (κ3) is 3.78. The van der Waals surface area contributed by atoms with Gasteiger partial charge < -0.3 is 9.47 Å². The molecule has 0 saturated carbocycles. The van der Waals surface area contributed by atoms with E-state index in [1.807, 2.05) is 6.08 Å². The first kappa shape index (κ1) is 9.84. The highest BCUT2D eigenvalue weighted by molar-refractivity contribution is 5.82. The predicted molar refractivity (Wildman–Crippen MR) is 49.0 cm³/mol. The monoisotopic (exact) mass is 182 g/mol. The van der Waals surface area contributed by atoms with Gasteiger partial charge in [0.15, 0.2) is 0 Å². The van der Waals surface area contributed by atoms with Crippen LogP contribution in [0.25, 0.3) is 0 Å². The highest BCUT2D eigenvalue weighted by Gasteiger charge is 2.01. The van der Waals surface area contributed by atoms with Crippen LogP contribution < -0.4 is 0 Å². The van der Waals surface area contributed by atoms with Gasteiger partial charge in [0, 0.05) is 6.08 Å². The van der Waals surface area contributed by atoms with Crippen molar-refractivity contribution in [2.75, 3.05) is 13.2 Å². The zero-order chi connectivity index (χ0) is 9.52. The van der Waals surface area contributed by atoms with Crippen molar-refractivity contribution < 1.29 is 14.3 Å². The first-order valence-corrected chi connectivity index (χ1v) is 4.50. The van der Waals surface area contributed by atoms with Crippen LogP contribution >= 0.6 is 0 Å². The van der Waals surface area contributed by atoms with E-state index in [9.17, 15) is 4.79 Å². The van der Waals surface area contributed by atoms with E-state index in [0.29, 0.717) is 6.61 Å². The Hall–Kier alpha value is -1.25. The second-order valence-corrected chi connectivity index (χ2v) is 2.68. The van der Waals surface area contributed by atoms with Crippen molar-refractivity contribution in [3.05, 3.63) is 24.0 Å². The molecule has 0 radical (unpaired) electrons. The van der Waals surface area contributed by atoms with Gasteiger partial charge in [-0.15, -0.1) is 0 Å². The molecule has 0 saturated heterocycles. The summed E-state index contributed by atoms with van der Waals surface area (Å²) in [6.45, 7) is 2.92. The quantitative estimate of drug-likeness (QED) is 0.493. The van der Waals surface area contributed by atoms with Crippen LogP contribution in [0.5, 0.6) is 0 Å². The lowest BCUT2D eigenvalue weighted by molar-refractivity contribution is -0.137. The fraction of sp³-hybridized carbons (Fsp3) is 0.500. The van der Waals surface area contributed by atoms with E-state index in [0.717, 1.165) is 25.2 Å². The Morgan fingerprint density at radius 1 is 1.77 bits per heavy atom. The van der Waals surface area contributed by atoms with Gasteiger partial charge >= 0.3 is 5.97 Å². The minimum absolute atomic E-state index is 0.322. The normalized spacial score (nSPS) is 16.5. The van der Waals surface area contributed by atoms with Crippen molar-refractivity contribution in [2.24, 2.45) is 0 Å². The molecule has 0 aromatic heterocycles. The van der Waals surface area contributed by atoms with E-state index in [1.54, 1.807) is 13.0 Å². The Morgan fingerprint density at radius 2 is 2.62 bits per heavy atom. The van der Waals surface area contributed by atoms with Crippen LogP contribution in [-0.4, -0.2) is 19.2 Å². The fourth-order valence-corrected chi connectivity index (χ4v) is 1.03. The Balaban J connectivity index is 2.37. The number of hydrogen-bond donors (Lipinski definition) is 0. The largest absolute Gasteiger partial charge is 0.494 e. The minimum Gasteiger partial charge on any atom is -0.494 e. The van der Waals surface area contributed by atoms with Crippen molar-refractivity contribution in [3.8, 4) is 0 Å². The van der Waals surface area contributed by atoms with E-state index in [-0.39, 0.29) is 5.97 Å². The number of carbonyl (C=O) groups excluding carboxylic acids is 1. The minimum atomic E-state index is -0.322. The molecule has 0 amide bonds. The lowest BCUT2D eigenvalue weighted by Crippen LogP contribution is -2.02. The molecule has 1 rings (SSSR count). The van der Waals surface area contributed by atoms with Gasteiger partial charge in [-0.25, -0.2) is 4.79 Å². The number of rotatable bonds is 3. The van der Waals surface area contributed by atoms with Crippen LogP contribution in [-0.2, 0) is 14.3 Å². The van der Waals surface area contributed by atoms with Crippen molar-refractivity contribution in [1.29, 1.82) is 0 Å². The van der Waals surface area contributed by atoms with Crippen molar-refractivity contribution in [1.82, 2.24) is 0 Å². The summed E-state index contributed by atoms with van der Waals surface area (Å²) in [7, 11) is 0. The first-order valence-electron chi connectivity index (χ1n) is 4.50. The SMILES string of the molecule is CCOC(=O)/C=C\C1=CCCCO1. The molecule has 0 atom stereocenters. The standard InChI is InChI=1S/C10H14O3/c1-2-12-10(11)7-6-9-5-3-4-8-13-9/h5-7H,2-4,8H2,1H3/b7-6-. The molecule has 1 heterocycles. The molecule has 72 valence electrons. The maximum absolute atomic E-state index is 10.9. The third-order valence-electron chi connectivity index (χ3n) is 1.63. The van der Waals surface area contributed by atoms with Crippen LogP contribution in [0.15, 0.2) is 24.0 Å². The predicted octanol–water partition coefficient (Wildman–Crippen LogP) is 1.80. The zero-order valence-electron chi connectivity index (χ0n) is 7.79. The molecular weight excluding hydrogens is 168 g/mol. The smallest absolute Gasteiger partial charge is 0.330 e. The van der Waals surface area contributed by atoms with Gasteiger partial charge in [-0.2, -0.15) is 0 Å². The third-order valence-corrected chi connectivity index (χ3v) is 1.63. The van der Waals surface area contributed by atoms with Crippen LogP contribution in [0.3, 0.4) is 0 Å². The summed E-state index contributed by atoms with van der Waals surface area (Å²) in [5, 5.41) is 0. The summed E-state index contributed by atoms with van der Waals surface area (Å²) < 4.78 is 10.00. The Bertz CT molecular complexity index is 228. The summed E-state index contributed by atoms with van der Waals surface area (Å²) in [5.74, 6) is 0.442. The van der Waals surface area contributed by atoms with E-state index >= 15 is 0 Å². The zero-order valence-corrected chi connectivity index (χ0v) is 7.79. The number of allylic oxidation sites excluding steroid dienone is 2. The molecule has 13 heavy (non-hydrogen) atoms. The number of esters is 1. The molecule has 1 aliphatic heterocycles. The molecule has 3 heteroatoms. The van der Waals surface area contributed by atoms with Crippen molar-refractivity contribution in [2.45, 2.75) is 19.8 Å². The van der Waals surface area contributed by atoms with Gasteiger partial charge in [-0.05, 0) is 31.9 Å². The van der Waals surface area contributed by atoms with Gasteiger partial charge in [0.05, 0.1) is 13.2 Å². The van der Waals surface area contributed by atoms with Gasteiger partial charge in [0.25, 0.3) is 0 Å². The summed E-state index contributed by atoms with van der Waals surface area (Å²) >= 11 is 0. The fourth-order valence-electron chi connectivity index (χ4n) is 1.03. The average Bonchev–Trinajstić information content (AvgIpc) is 2.17. The number of ether oxygens (including phenoxy) is 2. The molecule has 0 bridgehead atoms. The maximum atomic E-state index is 10.9. The van der Waals surface area contributed by atoms with Gasteiger partial charge in [0.1, 0.15) is 5.76 Å². The van der Waals surface area contributed by atoms with Gasteiger partial charge in [-0.3, -0.25) is 0 Å². The highest BCUT2D eigenvalue weighted by atomic mass is 16.5. The van der Waals surface area contributed by atoms with E-state index in [2.05, 4.69) is 0 Å². The second-order valence-electron chi connectivity index (χ2n) is 2.68. The van der Waals surface area contributed by atoms with Crippen molar-refractivity contribution in [3.63, 3.8) is 0 Å². The topological polar surface area (TPSA) is 35.5 Å². The molecule has 0 aliphatic carbocycles. The van der Waals surface area contributed by atoms with Gasteiger partial charge in [0.2, 0.25) is 0 Å². The molecule has 0 N–H and O–H groups in total. The molecule has 0 fully saturated rings. The second kappa shape index (κ2) is 5.41. The molecule has 0 aromatic carbocycles. The number of hydrogen-bond acceptors (Lipinski definition) is 3. The average molecular weight is 182 g/mol. The van der Waals surface area contributed by atoms with Crippen LogP contribution in [0.2, 0.25) is 0 Å². The van der Waals surface area contributed by atoms with Crippen LogP contribution in [0, 0.1) is 0 Å². The summed E-state index contributed by atoms with van der Waals surface area (Å²) in [6.07, 6.45) is 7.08. The molecule has 1 aliphatic rings. The lowest BCUT2D eigenvalue weighted by atomic mass is 10.2. The van der Waals surface area contributed by atoms with E-state index < -0.39 is 0 Å². The molecule has 0 unspecified atom stereocenters. The highest BCUT2D eigenvalue weighted by Crippen LogP contribution is 2.10. The Kier molecular flexibility index (Phi) is 4.09. The van der Waals surface area contributed by atoms with E-state index in [1.165, 1.54) is 6.08 Å². The van der Waals surface area contributed by atoms with Gasteiger partial charge in [-0.1, -0.05) is 0 Å². The number of carbonyl (C=O) groups is 1. The van der Waals surface area contributed by atoms with E-state index in [4.69, 9.17) is 9.47 Å².